The van der Waals surface area contributed by atoms with Gasteiger partial charge < -0.3 is 15.3 Å². The van der Waals surface area contributed by atoms with Crippen LogP contribution in [0.25, 0.3) is 0 Å². The van der Waals surface area contributed by atoms with Gasteiger partial charge in [-0.05, 0) is 36.1 Å². The van der Waals surface area contributed by atoms with Gasteiger partial charge in [-0.2, -0.15) is 30.6 Å². The lowest BCUT2D eigenvalue weighted by Crippen LogP contribution is -2.62. The van der Waals surface area contributed by atoms with E-state index in [4.69, 9.17) is 0 Å². The lowest BCUT2D eigenvalue weighted by atomic mass is 9.95. The van der Waals surface area contributed by atoms with Crippen LogP contribution < -0.4 is 10.2 Å². The molecule has 0 spiro atoms. The van der Waals surface area contributed by atoms with Crippen molar-refractivity contribution in [2.24, 2.45) is 0 Å². The van der Waals surface area contributed by atoms with E-state index < -0.39 is 40.1 Å². The maximum atomic E-state index is 13.3. The fraction of sp³-hybridized carbons (Fsp3) is 0.565. The number of piperazine rings is 2. The maximum Gasteiger partial charge on any atom is 0.421 e. The van der Waals surface area contributed by atoms with Gasteiger partial charge >= 0.3 is 12.4 Å². The first-order chi connectivity index (χ1) is 17.6. The smallest absolute Gasteiger partial charge is 0.376 e. The fourth-order valence-corrected chi connectivity index (χ4v) is 7.33. The van der Waals surface area contributed by atoms with E-state index in [0.717, 1.165) is 23.5 Å². The van der Waals surface area contributed by atoms with Gasteiger partial charge in [0, 0.05) is 51.5 Å². The number of hydrogen-bond acceptors (Lipinski definition) is 7. The second-order valence-electron chi connectivity index (χ2n) is 9.57. The zero-order valence-corrected chi connectivity index (χ0v) is 22.0. The molecule has 0 amide bonds. The monoisotopic (exact) mass is 586 g/mol. The highest BCUT2D eigenvalue weighted by Crippen LogP contribution is 2.39. The molecule has 3 atom stereocenters. The van der Waals surface area contributed by atoms with Gasteiger partial charge in [-0.25, -0.2) is 8.42 Å². The number of aliphatic hydroxyl groups is 1. The summed E-state index contributed by atoms with van der Waals surface area (Å²) in [6.45, 7) is 1.15. The van der Waals surface area contributed by atoms with Gasteiger partial charge in [0.2, 0.25) is 0 Å². The molecular weight excluding hydrogens is 558 g/mol. The molecule has 2 fully saturated rings. The lowest BCUT2D eigenvalue weighted by Gasteiger charge is -2.45. The van der Waals surface area contributed by atoms with E-state index >= 15 is 0 Å². The molecule has 2 aromatic rings. The minimum atomic E-state index is -4.89. The molecule has 0 aliphatic carbocycles. The van der Waals surface area contributed by atoms with Crippen LogP contribution in [0.2, 0.25) is 0 Å². The van der Waals surface area contributed by atoms with Gasteiger partial charge in [0.25, 0.3) is 10.0 Å². The van der Waals surface area contributed by atoms with Gasteiger partial charge in [-0.3, -0.25) is 4.90 Å². The Morgan fingerprint density at radius 3 is 2.29 bits per heavy atom. The second-order valence-corrected chi connectivity index (χ2v) is 12.7. The van der Waals surface area contributed by atoms with E-state index in [-0.39, 0.29) is 49.0 Å². The Balaban J connectivity index is 1.60. The Bertz CT molecular complexity index is 1190. The van der Waals surface area contributed by atoms with E-state index in [1.54, 1.807) is 21.2 Å². The second kappa shape index (κ2) is 10.6. The van der Waals surface area contributed by atoms with Crippen molar-refractivity contribution in [1.29, 1.82) is 0 Å². The van der Waals surface area contributed by atoms with Crippen molar-refractivity contribution in [2.75, 3.05) is 50.7 Å². The largest absolute Gasteiger partial charge is 0.421 e. The summed E-state index contributed by atoms with van der Waals surface area (Å²) in [6, 6.07) is 5.92. The molecule has 0 unspecified atom stereocenters. The summed E-state index contributed by atoms with van der Waals surface area (Å²) in [5.41, 5.74) is -2.95. The average Bonchev–Trinajstić information content (AvgIpc) is 3.39. The molecule has 7 nitrogen and oxygen atoms in total. The number of alkyl halides is 6. The van der Waals surface area contributed by atoms with Crippen LogP contribution in [-0.2, 0) is 15.6 Å². The summed E-state index contributed by atoms with van der Waals surface area (Å²) < 4.78 is 108. The average molecular weight is 587 g/mol. The fourth-order valence-electron chi connectivity index (χ4n) is 4.71. The Morgan fingerprint density at radius 2 is 1.71 bits per heavy atom. The van der Waals surface area contributed by atoms with Crippen LogP contribution in [0, 0.1) is 0 Å². The molecule has 0 bridgehead atoms. The highest BCUT2D eigenvalue weighted by atomic mass is 32.2. The normalized spacial score (nSPS) is 24.4. The van der Waals surface area contributed by atoms with Crippen molar-refractivity contribution in [1.82, 2.24) is 14.5 Å². The van der Waals surface area contributed by atoms with Gasteiger partial charge in [0.05, 0.1) is 6.04 Å². The third kappa shape index (κ3) is 5.97. The number of nitrogens with one attached hydrogen (secondary N) is 1. The SMILES string of the molecule is C[C@@](O)(c1ccc(N2CCN(S(=O)(=O)c3cccs3)C[C@@H]2CN2CCN[C@@H](C(F)(F)F)C2)cc1)C(F)(F)F. The van der Waals surface area contributed by atoms with Crippen LogP contribution in [0.4, 0.5) is 32.0 Å². The first-order valence-electron chi connectivity index (χ1n) is 11.8. The van der Waals surface area contributed by atoms with Crippen LogP contribution in [0.15, 0.2) is 46.0 Å². The number of nitrogens with zero attached hydrogens (tertiary/aromatic N) is 3. The Kier molecular flexibility index (Phi) is 8.10. The lowest BCUT2D eigenvalue weighted by molar-refractivity contribution is -0.258. The first-order valence-corrected chi connectivity index (χ1v) is 14.1. The quantitative estimate of drug-likeness (QED) is 0.507. The number of anilines is 1. The third-order valence-electron chi connectivity index (χ3n) is 6.97. The summed E-state index contributed by atoms with van der Waals surface area (Å²) in [5.74, 6) is 0. The molecule has 2 saturated heterocycles. The number of benzene rings is 1. The predicted octanol–water partition coefficient (Wildman–Crippen LogP) is 3.23. The Morgan fingerprint density at radius 1 is 1.03 bits per heavy atom. The highest BCUT2D eigenvalue weighted by molar-refractivity contribution is 7.91. The molecule has 0 saturated carbocycles. The maximum absolute atomic E-state index is 13.3. The van der Waals surface area contributed by atoms with Gasteiger partial charge in [0.15, 0.2) is 5.60 Å². The summed E-state index contributed by atoms with van der Waals surface area (Å²) in [6.07, 6.45) is -9.33. The van der Waals surface area contributed by atoms with E-state index in [1.807, 2.05) is 0 Å². The molecule has 4 rings (SSSR count). The predicted molar refractivity (Wildman–Crippen MR) is 131 cm³/mol. The van der Waals surface area contributed by atoms with Crippen LogP contribution in [0.5, 0.6) is 0 Å². The molecule has 1 aromatic carbocycles. The van der Waals surface area contributed by atoms with Gasteiger partial charge in [-0.15, -0.1) is 11.3 Å². The van der Waals surface area contributed by atoms with E-state index in [0.29, 0.717) is 19.2 Å². The molecule has 38 heavy (non-hydrogen) atoms. The third-order valence-corrected chi connectivity index (χ3v) is 10.2. The molecule has 1 aromatic heterocycles. The van der Waals surface area contributed by atoms with Crippen molar-refractivity contribution in [2.45, 2.75) is 41.2 Å². The van der Waals surface area contributed by atoms with Crippen LogP contribution in [-0.4, -0.2) is 93.0 Å². The van der Waals surface area contributed by atoms with Crippen molar-refractivity contribution < 1.29 is 39.9 Å². The Labute approximate surface area is 220 Å². The Hall–Kier alpha value is -1.91. The number of sulfonamides is 1. The van der Waals surface area contributed by atoms with Gasteiger partial charge in [-0.1, -0.05) is 18.2 Å². The number of halogens is 6. The van der Waals surface area contributed by atoms with Crippen LogP contribution >= 0.6 is 11.3 Å². The van der Waals surface area contributed by atoms with Crippen molar-refractivity contribution in [3.8, 4) is 0 Å². The summed E-state index contributed by atoms with van der Waals surface area (Å²) in [4.78, 5) is 3.42. The minimum absolute atomic E-state index is 0.0110. The molecule has 2 aliphatic heterocycles. The molecular formula is C23H28F6N4O3S2. The van der Waals surface area contributed by atoms with Crippen molar-refractivity contribution >= 4 is 27.0 Å². The van der Waals surface area contributed by atoms with Crippen LogP contribution in [0.3, 0.4) is 0 Å². The molecule has 2 N–H and O–H groups in total. The molecule has 3 heterocycles. The number of thiophene rings is 1. The number of rotatable bonds is 6. The summed E-state index contributed by atoms with van der Waals surface area (Å²) >= 11 is 1.06. The molecule has 15 heteroatoms. The van der Waals surface area contributed by atoms with E-state index in [9.17, 15) is 39.9 Å². The van der Waals surface area contributed by atoms with Crippen LogP contribution in [0.1, 0.15) is 12.5 Å². The van der Waals surface area contributed by atoms with E-state index in [2.05, 4.69) is 5.32 Å². The molecule has 212 valence electrons. The molecule has 2 aliphatic rings. The minimum Gasteiger partial charge on any atom is -0.376 e. The van der Waals surface area contributed by atoms with E-state index in [1.165, 1.54) is 22.5 Å². The standard InChI is InChI=1S/C23H28F6N4O3S2/c1-21(34,23(27,28)29)16-4-6-17(7-5-16)33-11-10-32(38(35,36)20-3-2-12-37-20)14-18(33)13-31-9-8-30-19(15-31)22(24,25)26/h2-7,12,18-19,30,34H,8-11,13-15H2,1H3/t18-,19+,21+/m0/s1. The zero-order chi connectivity index (χ0) is 27.9. The topological polar surface area (TPSA) is 76.1 Å². The summed E-state index contributed by atoms with van der Waals surface area (Å²) in [5, 5.41) is 14.1. The molecule has 0 radical (unpaired) electrons. The summed E-state index contributed by atoms with van der Waals surface area (Å²) in [7, 11) is -3.82. The first kappa shape index (κ1) is 29.1. The highest BCUT2D eigenvalue weighted by Gasteiger charge is 2.51. The number of hydrogen-bond donors (Lipinski definition) is 2. The zero-order valence-electron chi connectivity index (χ0n) is 20.3. The van der Waals surface area contributed by atoms with Crippen molar-refractivity contribution in [3.63, 3.8) is 0 Å². The van der Waals surface area contributed by atoms with Crippen molar-refractivity contribution in [3.05, 3.63) is 47.3 Å². The van der Waals surface area contributed by atoms with Gasteiger partial charge in [0.1, 0.15) is 10.3 Å².